The van der Waals surface area contributed by atoms with Crippen LogP contribution in [0.3, 0.4) is 0 Å². The van der Waals surface area contributed by atoms with Crippen LogP contribution in [0.15, 0.2) is 72.8 Å². The normalized spacial score (nSPS) is 12.0. The third-order valence-corrected chi connectivity index (χ3v) is 5.17. The first kappa shape index (κ1) is 20.2. The van der Waals surface area contributed by atoms with Crippen LogP contribution >= 0.6 is 11.6 Å². The second kappa shape index (κ2) is 9.07. The van der Waals surface area contributed by atoms with Crippen LogP contribution < -0.4 is 5.32 Å². The molecule has 0 fully saturated rings. The molecule has 3 aromatic carbocycles. The summed E-state index contributed by atoms with van der Waals surface area (Å²) in [5.74, 6) is 0.572. The van der Waals surface area contributed by atoms with Gasteiger partial charge in [-0.2, -0.15) is 0 Å². The van der Waals surface area contributed by atoms with Crippen LogP contribution in [0.5, 0.6) is 0 Å². The summed E-state index contributed by atoms with van der Waals surface area (Å²) in [6, 6.07) is 23.8. The summed E-state index contributed by atoms with van der Waals surface area (Å²) in [6.07, 6.45) is 0.372. The number of carbonyl (C=O) groups is 1. The fourth-order valence-electron chi connectivity index (χ4n) is 3.24. The molecule has 0 aliphatic carbocycles. The maximum atomic E-state index is 12.9. The van der Waals surface area contributed by atoms with Gasteiger partial charge in [0, 0.05) is 22.7 Å². The Kier molecular flexibility index (Phi) is 6.53. The second-order valence-electron chi connectivity index (χ2n) is 7.52. The number of carbonyl (C=O) groups excluding carboxylic acids is 1. The van der Waals surface area contributed by atoms with Crippen molar-refractivity contribution >= 4 is 23.1 Å². The molecule has 0 amide bonds. The highest BCUT2D eigenvalue weighted by Crippen LogP contribution is 2.27. The van der Waals surface area contributed by atoms with E-state index < -0.39 is 0 Å². The van der Waals surface area contributed by atoms with Crippen molar-refractivity contribution in [1.82, 2.24) is 0 Å². The molecule has 0 aliphatic rings. The van der Waals surface area contributed by atoms with Gasteiger partial charge in [0.1, 0.15) is 0 Å². The molecule has 0 heterocycles. The quantitative estimate of drug-likeness (QED) is 0.431. The van der Waals surface area contributed by atoms with Gasteiger partial charge in [-0.05, 0) is 65.9 Å². The molecule has 0 saturated carbocycles. The van der Waals surface area contributed by atoms with Gasteiger partial charge in [0.15, 0.2) is 5.78 Å². The number of hydrogen-bond donors (Lipinski definition) is 1. The fraction of sp³-hybridized carbons (Fsp3) is 0.240. The molecule has 2 nitrogen and oxygen atoms in total. The largest absolute Gasteiger partial charge is 0.378 e. The summed E-state index contributed by atoms with van der Waals surface area (Å²) in [6.45, 7) is 6.43. The highest BCUT2D eigenvalue weighted by Gasteiger charge is 2.18. The molecule has 3 rings (SSSR count). The lowest BCUT2D eigenvalue weighted by Crippen LogP contribution is -2.16. The molecule has 28 heavy (non-hydrogen) atoms. The van der Waals surface area contributed by atoms with E-state index in [0.717, 1.165) is 11.3 Å². The van der Waals surface area contributed by atoms with Crippen molar-refractivity contribution in [3.05, 3.63) is 100 Å². The average Bonchev–Trinajstić information content (AvgIpc) is 2.68. The van der Waals surface area contributed by atoms with E-state index in [9.17, 15) is 4.79 Å². The van der Waals surface area contributed by atoms with Crippen LogP contribution in [0.4, 0.5) is 5.69 Å². The first-order valence-corrected chi connectivity index (χ1v) is 10.0. The molecule has 0 saturated heterocycles. The molecule has 1 N–H and O–H groups in total. The third kappa shape index (κ3) is 5.24. The van der Waals surface area contributed by atoms with Crippen LogP contribution in [-0.4, -0.2) is 5.78 Å². The number of halogens is 1. The molecular weight excluding hydrogens is 366 g/mol. The van der Waals surface area contributed by atoms with Crippen molar-refractivity contribution < 1.29 is 4.79 Å². The number of Topliss-reactive ketones (excluding diaryl/α,β-unsaturated/α-hetero) is 1. The summed E-state index contributed by atoms with van der Waals surface area (Å²) < 4.78 is 0. The zero-order chi connectivity index (χ0) is 20.1. The minimum atomic E-state index is -0.105. The van der Waals surface area contributed by atoms with E-state index in [-0.39, 0.29) is 11.8 Å². The molecule has 1 unspecified atom stereocenters. The van der Waals surface area contributed by atoms with Crippen molar-refractivity contribution in [3.8, 4) is 0 Å². The summed E-state index contributed by atoms with van der Waals surface area (Å²) in [5.41, 5.74) is 5.28. The van der Waals surface area contributed by atoms with Crippen LogP contribution in [0, 0.1) is 6.92 Å². The molecule has 0 radical (unpaired) electrons. The molecule has 0 bridgehead atoms. The van der Waals surface area contributed by atoms with Gasteiger partial charge in [0.2, 0.25) is 0 Å². The number of hydrogen-bond acceptors (Lipinski definition) is 2. The Morgan fingerprint density at radius 3 is 2.18 bits per heavy atom. The Morgan fingerprint density at radius 2 is 1.57 bits per heavy atom. The minimum Gasteiger partial charge on any atom is -0.378 e. The highest BCUT2D eigenvalue weighted by molar-refractivity contribution is 6.30. The zero-order valence-electron chi connectivity index (χ0n) is 16.6. The first-order valence-electron chi connectivity index (χ1n) is 9.64. The summed E-state index contributed by atoms with van der Waals surface area (Å²) in [7, 11) is 0. The number of aryl methyl sites for hydroxylation is 1. The highest BCUT2D eigenvalue weighted by atomic mass is 35.5. The number of rotatable bonds is 7. The maximum Gasteiger partial charge on any atom is 0.165 e. The molecular formula is C25H26ClNO. The standard InChI is InChI=1S/C25H26ClNO/c1-17(2)19-7-9-20(10-8-19)24(27-23-6-4-5-18(3)15-23)16-25(28)21-11-13-22(26)14-12-21/h4-15,17,24,27H,16H2,1-3H3. The Bertz CT molecular complexity index is 930. The molecule has 1 atom stereocenters. The van der Waals surface area contributed by atoms with E-state index in [1.807, 2.05) is 12.1 Å². The Balaban J connectivity index is 1.86. The average molecular weight is 392 g/mol. The van der Waals surface area contributed by atoms with Crippen molar-refractivity contribution in [2.45, 2.75) is 39.2 Å². The van der Waals surface area contributed by atoms with Gasteiger partial charge < -0.3 is 5.32 Å². The topological polar surface area (TPSA) is 29.1 Å². The van der Waals surface area contributed by atoms with Gasteiger partial charge in [-0.3, -0.25) is 4.79 Å². The van der Waals surface area contributed by atoms with E-state index in [1.165, 1.54) is 11.1 Å². The molecule has 0 spiro atoms. The predicted molar refractivity (Wildman–Crippen MR) is 118 cm³/mol. The Morgan fingerprint density at radius 1 is 0.929 bits per heavy atom. The number of nitrogens with one attached hydrogen (secondary N) is 1. The molecule has 3 heteroatoms. The smallest absolute Gasteiger partial charge is 0.165 e. The maximum absolute atomic E-state index is 12.9. The lowest BCUT2D eigenvalue weighted by Gasteiger charge is -2.21. The Hall–Kier alpha value is -2.58. The van der Waals surface area contributed by atoms with Gasteiger partial charge in [0.05, 0.1) is 6.04 Å². The van der Waals surface area contributed by atoms with E-state index in [1.54, 1.807) is 24.3 Å². The minimum absolute atomic E-state index is 0.0924. The summed E-state index contributed by atoms with van der Waals surface area (Å²) in [5, 5.41) is 4.18. The van der Waals surface area contributed by atoms with Gasteiger partial charge in [-0.1, -0.05) is 61.8 Å². The van der Waals surface area contributed by atoms with Gasteiger partial charge >= 0.3 is 0 Å². The van der Waals surface area contributed by atoms with Crippen molar-refractivity contribution in [1.29, 1.82) is 0 Å². The van der Waals surface area contributed by atoms with Gasteiger partial charge in [0.25, 0.3) is 0 Å². The lowest BCUT2D eigenvalue weighted by atomic mass is 9.94. The van der Waals surface area contributed by atoms with Crippen LogP contribution in [-0.2, 0) is 0 Å². The summed E-state index contributed by atoms with van der Waals surface area (Å²) in [4.78, 5) is 12.9. The monoisotopic (exact) mass is 391 g/mol. The van der Waals surface area contributed by atoms with E-state index in [4.69, 9.17) is 11.6 Å². The number of anilines is 1. The third-order valence-electron chi connectivity index (χ3n) is 4.92. The Labute approximate surface area is 172 Å². The predicted octanol–water partition coefficient (Wildman–Crippen LogP) is 7.20. The van der Waals surface area contributed by atoms with Gasteiger partial charge in [-0.15, -0.1) is 0 Å². The van der Waals surface area contributed by atoms with Crippen LogP contribution in [0.2, 0.25) is 5.02 Å². The van der Waals surface area contributed by atoms with Crippen molar-refractivity contribution in [3.63, 3.8) is 0 Å². The van der Waals surface area contributed by atoms with E-state index >= 15 is 0 Å². The SMILES string of the molecule is Cc1cccc(NC(CC(=O)c2ccc(Cl)cc2)c2ccc(C(C)C)cc2)c1. The molecule has 0 aromatic heterocycles. The summed E-state index contributed by atoms with van der Waals surface area (Å²) >= 11 is 5.96. The lowest BCUT2D eigenvalue weighted by molar-refractivity contribution is 0.0976. The van der Waals surface area contributed by atoms with Crippen molar-refractivity contribution in [2.75, 3.05) is 5.32 Å². The number of benzene rings is 3. The van der Waals surface area contributed by atoms with Gasteiger partial charge in [-0.25, -0.2) is 0 Å². The zero-order valence-corrected chi connectivity index (χ0v) is 17.3. The first-order chi connectivity index (χ1) is 13.4. The van der Waals surface area contributed by atoms with E-state index in [0.29, 0.717) is 22.9 Å². The molecule has 3 aromatic rings. The fourth-order valence-corrected chi connectivity index (χ4v) is 3.37. The van der Waals surface area contributed by atoms with E-state index in [2.05, 4.69) is 62.5 Å². The van der Waals surface area contributed by atoms with Crippen LogP contribution in [0.25, 0.3) is 0 Å². The second-order valence-corrected chi connectivity index (χ2v) is 7.96. The van der Waals surface area contributed by atoms with Crippen molar-refractivity contribution in [2.24, 2.45) is 0 Å². The molecule has 144 valence electrons. The number of ketones is 1. The van der Waals surface area contributed by atoms with Crippen LogP contribution in [0.1, 0.15) is 59.3 Å². The molecule has 0 aliphatic heterocycles.